The maximum absolute atomic E-state index is 13.0. The van der Waals surface area contributed by atoms with Gasteiger partial charge in [0.05, 0.1) is 45.3 Å². The second-order valence-electron chi connectivity index (χ2n) is 7.24. The second kappa shape index (κ2) is 9.96. The Morgan fingerprint density at radius 3 is 2.29 bits per heavy atom. The number of carbonyl (C=O) groups excluding carboxylic acids is 3. The van der Waals surface area contributed by atoms with E-state index in [4.69, 9.17) is 9.47 Å². The van der Waals surface area contributed by atoms with Crippen molar-refractivity contribution in [2.75, 3.05) is 57.6 Å². The van der Waals surface area contributed by atoms with Crippen LogP contribution < -0.4 is 9.80 Å². The minimum atomic E-state index is -0.859. The number of quaternary nitrogens is 1. The molecule has 2 aliphatic rings. The quantitative estimate of drug-likeness (QED) is 0.325. The lowest BCUT2D eigenvalue weighted by Crippen LogP contribution is -3.16. The molecule has 0 aromatic heterocycles. The van der Waals surface area contributed by atoms with E-state index in [0.29, 0.717) is 26.2 Å². The van der Waals surface area contributed by atoms with Crippen LogP contribution in [0.4, 0.5) is 11.4 Å². The fourth-order valence-electron chi connectivity index (χ4n) is 3.76. The van der Waals surface area contributed by atoms with Crippen molar-refractivity contribution in [3.8, 4) is 0 Å². The number of amides is 1. The molecule has 0 radical (unpaired) electrons. The van der Waals surface area contributed by atoms with Gasteiger partial charge in [0.15, 0.2) is 11.9 Å². The van der Waals surface area contributed by atoms with E-state index in [1.165, 1.54) is 43.0 Å². The zero-order valence-electron chi connectivity index (χ0n) is 17.3. The molecule has 12 heteroatoms. The monoisotopic (exact) mass is 453 g/mol. The predicted molar refractivity (Wildman–Crippen MR) is 112 cm³/mol. The molecule has 1 aromatic rings. The first kappa shape index (κ1) is 22.8. The number of piperazine rings is 1. The molecular formula is C19H25N4O7S+. The van der Waals surface area contributed by atoms with Crippen LogP contribution in [0.5, 0.6) is 0 Å². The minimum Gasteiger partial charge on any atom is -0.467 e. The summed E-state index contributed by atoms with van der Waals surface area (Å²) in [7, 11) is 2.50. The van der Waals surface area contributed by atoms with Crippen LogP contribution in [0.15, 0.2) is 24.3 Å². The average Bonchev–Trinajstić information content (AvgIpc) is 3.24. The summed E-state index contributed by atoms with van der Waals surface area (Å²) in [6, 6.07) is 5.58. The fraction of sp³-hybridized carbons (Fsp3) is 0.526. The smallest absolute Gasteiger partial charge is 0.339 e. The van der Waals surface area contributed by atoms with Crippen LogP contribution in [0.1, 0.15) is 0 Å². The molecule has 2 saturated heterocycles. The van der Waals surface area contributed by atoms with Crippen molar-refractivity contribution in [3.63, 3.8) is 0 Å². The Hall–Kier alpha value is -2.86. The number of anilines is 1. The topological polar surface area (TPSA) is 124 Å². The van der Waals surface area contributed by atoms with Crippen molar-refractivity contribution in [2.24, 2.45) is 0 Å². The van der Waals surface area contributed by atoms with Crippen molar-refractivity contribution < 1.29 is 33.7 Å². The third-order valence-electron chi connectivity index (χ3n) is 5.46. The van der Waals surface area contributed by atoms with Crippen molar-refractivity contribution in [2.45, 2.75) is 11.4 Å². The van der Waals surface area contributed by atoms with Gasteiger partial charge in [0, 0.05) is 23.6 Å². The third kappa shape index (κ3) is 5.07. The molecule has 1 amide bonds. The predicted octanol–water partition coefficient (Wildman–Crippen LogP) is -1.08. The molecule has 11 nitrogen and oxygen atoms in total. The molecule has 2 fully saturated rings. The summed E-state index contributed by atoms with van der Waals surface area (Å²) in [6.45, 7) is 2.85. The highest BCUT2D eigenvalue weighted by Gasteiger charge is 2.47. The number of carbonyl (C=O) groups is 3. The van der Waals surface area contributed by atoms with Gasteiger partial charge in [-0.25, -0.2) is 9.59 Å². The molecule has 0 saturated carbocycles. The first-order valence-electron chi connectivity index (χ1n) is 9.77. The number of nitrogens with one attached hydrogen (secondary N) is 1. The molecule has 1 N–H and O–H groups in total. The number of esters is 2. The number of ether oxygens (including phenoxy) is 2. The lowest BCUT2D eigenvalue weighted by molar-refractivity contribution is -0.892. The van der Waals surface area contributed by atoms with Gasteiger partial charge in [-0.15, -0.1) is 11.8 Å². The standard InChI is InChI=1S/C19H24N4O7S/c1-29-18(25)15-12-31-17(19(26)30-2)22(15)16(24)11-20-7-9-21(10-8-20)13-3-5-14(6-4-13)23(27)28/h3-6,15,17H,7-12H2,1-2H3/p+1/t15-,17-/m1/s1. The van der Waals surface area contributed by atoms with Gasteiger partial charge in [0.2, 0.25) is 0 Å². The SMILES string of the molecule is COC(=O)[C@H]1CS[C@H](C(=O)OC)N1C(=O)C[NH+]1CCN(c2ccc([N+](=O)[O-])cc2)CC1. The molecule has 1 aromatic carbocycles. The number of hydrogen-bond acceptors (Lipinski definition) is 9. The molecule has 3 rings (SSSR count). The molecule has 0 bridgehead atoms. The summed E-state index contributed by atoms with van der Waals surface area (Å²) in [4.78, 5) is 52.0. The van der Waals surface area contributed by atoms with E-state index in [0.717, 1.165) is 10.6 Å². The van der Waals surface area contributed by atoms with Crippen LogP contribution in [-0.4, -0.2) is 91.8 Å². The number of non-ortho nitro benzene ring substituents is 1. The molecule has 0 unspecified atom stereocenters. The van der Waals surface area contributed by atoms with E-state index in [-0.39, 0.29) is 23.9 Å². The minimum absolute atomic E-state index is 0.0439. The maximum Gasteiger partial charge on any atom is 0.339 e. The number of nitrogens with zero attached hydrogens (tertiary/aromatic N) is 3. The maximum atomic E-state index is 13.0. The Bertz CT molecular complexity index is 818. The van der Waals surface area contributed by atoms with E-state index in [9.17, 15) is 24.5 Å². The first-order valence-corrected chi connectivity index (χ1v) is 10.8. The van der Waals surface area contributed by atoms with Crippen molar-refractivity contribution in [1.29, 1.82) is 0 Å². The zero-order chi connectivity index (χ0) is 22.5. The van der Waals surface area contributed by atoms with Crippen LogP contribution in [0.2, 0.25) is 0 Å². The molecule has 0 aliphatic carbocycles. The molecular weight excluding hydrogens is 428 g/mol. The lowest BCUT2D eigenvalue weighted by Gasteiger charge is -2.34. The van der Waals surface area contributed by atoms with Gasteiger partial charge in [-0.2, -0.15) is 0 Å². The van der Waals surface area contributed by atoms with Crippen molar-refractivity contribution in [3.05, 3.63) is 34.4 Å². The number of methoxy groups -OCH3 is 2. The number of nitro groups is 1. The Morgan fingerprint density at radius 1 is 1.13 bits per heavy atom. The third-order valence-corrected chi connectivity index (χ3v) is 6.71. The number of rotatable bonds is 6. The Kier molecular flexibility index (Phi) is 7.33. The second-order valence-corrected chi connectivity index (χ2v) is 8.35. The molecule has 31 heavy (non-hydrogen) atoms. The molecule has 0 spiro atoms. The van der Waals surface area contributed by atoms with E-state index in [2.05, 4.69) is 4.90 Å². The van der Waals surface area contributed by atoms with Gasteiger partial charge < -0.3 is 24.2 Å². The summed E-state index contributed by atoms with van der Waals surface area (Å²) >= 11 is 1.19. The van der Waals surface area contributed by atoms with Gasteiger partial charge in [-0.05, 0) is 12.1 Å². The molecule has 2 heterocycles. The first-order chi connectivity index (χ1) is 14.8. The van der Waals surface area contributed by atoms with Crippen LogP contribution in [-0.2, 0) is 23.9 Å². The highest BCUT2D eigenvalue weighted by molar-refractivity contribution is 8.00. The van der Waals surface area contributed by atoms with Crippen LogP contribution in [0, 0.1) is 10.1 Å². The van der Waals surface area contributed by atoms with E-state index in [1.54, 1.807) is 12.1 Å². The van der Waals surface area contributed by atoms with Gasteiger partial charge >= 0.3 is 11.9 Å². The summed E-state index contributed by atoms with van der Waals surface area (Å²) in [5, 5.41) is 9.95. The van der Waals surface area contributed by atoms with E-state index < -0.39 is 28.3 Å². The van der Waals surface area contributed by atoms with E-state index >= 15 is 0 Å². The van der Waals surface area contributed by atoms with Gasteiger partial charge in [-0.3, -0.25) is 14.9 Å². The average molecular weight is 453 g/mol. The van der Waals surface area contributed by atoms with Crippen molar-refractivity contribution >= 4 is 41.0 Å². The van der Waals surface area contributed by atoms with Crippen LogP contribution in [0.25, 0.3) is 0 Å². The molecule has 2 aliphatic heterocycles. The number of benzene rings is 1. The number of hydrogen-bond donors (Lipinski definition) is 1. The highest BCUT2D eigenvalue weighted by atomic mass is 32.2. The summed E-state index contributed by atoms with van der Waals surface area (Å²) < 4.78 is 9.59. The fourth-order valence-corrected chi connectivity index (χ4v) is 5.08. The van der Waals surface area contributed by atoms with Crippen LogP contribution >= 0.6 is 11.8 Å². The number of nitro benzene ring substituents is 1. The van der Waals surface area contributed by atoms with Gasteiger partial charge in [0.25, 0.3) is 11.6 Å². The highest BCUT2D eigenvalue weighted by Crippen LogP contribution is 2.30. The van der Waals surface area contributed by atoms with Gasteiger partial charge in [0.1, 0.15) is 6.04 Å². The Morgan fingerprint density at radius 2 is 1.74 bits per heavy atom. The molecule has 2 atom stereocenters. The molecule has 168 valence electrons. The largest absolute Gasteiger partial charge is 0.467 e. The Labute approximate surface area is 183 Å². The summed E-state index contributed by atoms with van der Waals surface area (Å²) in [6.07, 6.45) is 0. The zero-order valence-corrected chi connectivity index (χ0v) is 18.1. The van der Waals surface area contributed by atoms with Crippen LogP contribution in [0.3, 0.4) is 0 Å². The normalized spacial score (nSPS) is 21.6. The number of thioether (sulfide) groups is 1. The Balaban J connectivity index is 1.60. The van der Waals surface area contributed by atoms with Crippen molar-refractivity contribution in [1.82, 2.24) is 4.90 Å². The summed E-state index contributed by atoms with van der Waals surface area (Å²) in [5.41, 5.74) is 0.936. The lowest BCUT2D eigenvalue weighted by atomic mass is 10.2. The van der Waals surface area contributed by atoms with E-state index in [1.807, 2.05) is 0 Å². The summed E-state index contributed by atoms with van der Waals surface area (Å²) in [5.74, 6) is -1.14. The van der Waals surface area contributed by atoms with Gasteiger partial charge in [-0.1, -0.05) is 0 Å².